The van der Waals surface area contributed by atoms with E-state index >= 15 is 0 Å². The number of rotatable bonds is 7. The van der Waals surface area contributed by atoms with Crippen LogP contribution in [0.3, 0.4) is 0 Å². The van der Waals surface area contributed by atoms with E-state index in [2.05, 4.69) is 4.98 Å². The number of anilines is 1. The average Bonchev–Trinajstić information content (AvgIpc) is 2.55. The number of halogens is 2. The fourth-order valence-electron chi connectivity index (χ4n) is 3.21. The lowest BCUT2D eigenvalue weighted by Gasteiger charge is -2.41. The number of hydrogen-bond donors (Lipinski definition) is 1. The highest BCUT2D eigenvalue weighted by molar-refractivity contribution is 7.99. The first kappa shape index (κ1) is 19.6. The lowest BCUT2D eigenvalue weighted by atomic mass is 9.93. The van der Waals surface area contributed by atoms with Crippen LogP contribution in [0.2, 0.25) is 0 Å². The van der Waals surface area contributed by atoms with Crippen molar-refractivity contribution in [3.05, 3.63) is 42.1 Å². The van der Waals surface area contributed by atoms with E-state index in [1.807, 2.05) is 19.9 Å². The fraction of sp³-hybridized carbons (Fsp3) is 0.400. The number of thioether (sulfide) groups is 1. The molecule has 1 N–H and O–H groups in total. The maximum atomic E-state index is 14.7. The van der Waals surface area contributed by atoms with Crippen LogP contribution in [0.5, 0.6) is 0 Å². The summed E-state index contributed by atoms with van der Waals surface area (Å²) >= 11 is 1.55. The van der Waals surface area contributed by atoms with Crippen molar-refractivity contribution < 1.29 is 18.7 Å². The van der Waals surface area contributed by atoms with Crippen LogP contribution in [0.4, 0.5) is 14.5 Å². The third-order valence-corrected chi connectivity index (χ3v) is 5.51. The van der Waals surface area contributed by atoms with Crippen LogP contribution in [-0.2, 0) is 4.79 Å². The van der Waals surface area contributed by atoms with Crippen LogP contribution in [0, 0.1) is 17.6 Å². The number of pyridine rings is 1. The molecule has 0 spiro atoms. The molecule has 1 aliphatic heterocycles. The van der Waals surface area contributed by atoms with Gasteiger partial charge in [-0.15, -0.1) is 11.8 Å². The van der Waals surface area contributed by atoms with E-state index in [0.29, 0.717) is 35.9 Å². The molecule has 0 amide bonds. The molecule has 2 aromatic rings. The van der Waals surface area contributed by atoms with Gasteiger partial charge in [-0.25, -0.2) is 13.8 Å². The first-order chi connectivity index (χ1) is 12.8. The maximum absolute atomic E-state index is 14.7. The monoisotopic (exact) mass is 392 g/mol. The molecule has 4 nitrogen and oxygen atoms in total. The standard InChI is InChI=1S/C20H22F2N2O2S/c1-12(2)27-20-15(4-3-7-23-20)14-8-16(21)19(17(22)9-14)24-10-13(11-24)5-6-18(25)26/h3-4,7-9,12-13H,5-6,10-11H2,1-2H3,(H,25,26). The first-order valence-corrected chi connectivity index (χ1v) is 9.81. The smallest absolute Gasteiger partial charge is 0.303 e. The highest BCUT2D eigenvalue weighted by Crippen LogP contribution is 2.37. The summed E-state index contributed by atoms with van der Waals surface area (Å²) in [7, 11) is 0. The van der Waals surface area contributed by atoms with Gasteiger partial charge >= 0.3 is 5.97 Å². The van der Waals surface area contributed by atoms with Crippen LogP contribution in [0.15, 0.2) is 35.5 Å². The Morgan fingerprint density at radius 1 is 1.33 bits per heavy atom. The number of aromatic nitrogens is 1. The van der Waals surface area contributed by atoms with Gasteiger partial charge in [-0.2, -0.15) is 0 Å². The molecule has 0 aliphatic carbocycles. The Morgan fingerprint density at radius 3 is 2.59 bits per heavy atom. The molecule has 0 atom stereocenters. The van der Waals surface area contributed by atoms with Crippen molar-refractivity contribution in [3.63, 3.8) is 0 Å². The predicted octanol–water partition coefficient (Wildman–Crippen LogP) is 4.83. The van der Waals surface area contributed by atoms with Gasteiger partial charge < -0.3 is 10.0 Å². The Balaban J connectivity index is 1.80. The molecule has 27 heavy (non-hydrogen) atoms. The van der Waals surface area contributed by atoms with Gasteiger partial charge in [0, 0.05) is 36.5 Å². The van der Waals surface area contributed by atoms with Gasteiger partial charge in [0.1, 0.15) is 22.3 Å². The third kappa shape index (κ3) is 4.58. The van der Waals surface area contributed by atoms with Gasteiger partial charge in [0.2, 0.25) is 0 Å². The summed E-state index contributed by atoms with van der Waals surface area (Å²) in [5.41, 5.74) is 1.14. The van der Waals surface area contributed by atoms with Gasteiger partial charge in [0.05, 0.1) is 0 Å². The number of aliphatic carboxylic acids is 1. The molecule has 144 valence electrons. The second-order valence-electron chi connectivity index (χ2n) is 7.01. The summed E-state index contributed by atoms with van der Waals surface area (Å²) in [6, 6.07) is 6.28. The minimum atomic E-state index is -0.846. The lowest BCUT2D eigenvalue weighted by molar-refractivity contribution is -0.137. The van der Waals surface area contributed by atoms with E-state index in [1.165, 1.54) is 12.1 Å². The van der Waals surface area contributed by atoms with Gasteiger partial charge in [0.25, 0.3) is 0 Å². The van der Waals surface area contributed by atoms with Crippen LogP contribution in [0.25, 0.3) is 11.1 Å². The van der Waals surface area contributed by atoms with Crippen molar-refractivity contribution in [2.75, 3.05) is 18.0 Å². The SMILES string of the molecule is CC(C)Sc1ncccc1-c1cc(F)c(N2CC(CCC(=O)O)C2)c(F)c1. The highest BCUT2D eigenvalue weighted by atomic mass is 32.2. The number of carbonyl (C=O) groups is 1. The first-order valence-electron chi connectivity index (χ1n) is 8.93. The van der Waals surface area contributed by atoms with Gasteiger partial charge in [-0.05, 0) is 36.1 Å². The van der Waals surface area contributed by atoms with E-state index in [-0.39, 0.29) is 18.0 Å². The van der Waals surface area contributed by atoms with Crippen LogP contribution in [0.1, 0.15) is 26.7 Å². The number of hydrogen-bond acceptors (Lipinski definition) is 4. The summed E-state index contributed by atoms with van der Waals surface area (Å²) < 4.78 is 29.4. The summed E-state index contributed by atoms with van der Waals surface area (Å²) in [5.74, 6) is -1.90. The number of nitrogens with zero attached hydrogens (tertiary/aromatic N) is 2. The van der Waals surface area contributed by atoms with Gasteiger partial charge in [-0.3, -0.25) is 4.79 Å². The molecule has 0 radical (unpaired) electrons. The number of benzene rings is 1. The summed E-state index contributed by atoms with van der Waals surface area (Å²) in [6.45, 7) is 5.03. The second kappa shape index (κ2) is 8.25. The van der Waals surface area contributed by atoms with E-state index < -0.39 is 17.6 Å². The maximum Gasteiger partial charge on any atom is 0.303 e. The molecule has 0 unspecified atom stereocenters. The Hall–Kier alpha value is -2.15. The van der Waals surface area contributed by atoms with Crippen molar-refractivity contribution in [3.8, 4) is 11.1 Å². The van der Waals surface area contributed by atoms with Crippen molar-refractivity contribution >= 4 is 23.4 Å². The summed E-state index contributed by atoms with van der Waals surface area (Å²) in [6.07, 6.45) is 2.28. The Labute approximate surface area is 161 Å². The Kier molecular flexibility index (Phi) is 5.99. The minimum Gasteiger partial charge on any atom is -0.481 e. The minimum absolute atomic E-state index is 0.0349. The molecule has 0 bridgehead atoms. The molecular weight excluding hydrogens is 370 g/mol. The molecule has 7 heteroatoms. The Bertz CT molecular complexity index is 815. The fourth-order valence-corrected chi connectivity index (χ4v) is 4.09. The van der Waals surface area contributed by atoms with E-state index in [1.54, 1.807) is 28.9 Å². The average molecular weight is 392 g/mol. The normalized spacial score (nSPS) is 14.5. The molecule has 3 rings (SSSR count). The largest absolute Gasteiger partial charge is 0.481 e. The molecule has 1 aromatic heterocycles. The zero-order chi connectivity index (χ0) is 19.6. The van der Waals surface area contributed by atoms with Crippen LogP contribution < -0.4 is 4.90 Å². The van der Waals surface area contributed by atoms with Crippen molar-refractivity contribution in [1.82, 2.24) is 4.98 Å². The van der Waals surface area contributed by atoms with Crippen LogP contribution in [-0.4, -0.2) is 34.4 Å². The number of carboxylic acids is 1. The Morgan fingerprint density at radius 2 is 2.00 bits per heavy atom. The third-order valence-electron chi connectivity index (χ3n) is 4.49. The molecule has 1 fully saturated rings. The molecule has 1 aromatic carbocycles. The number of carboxylic acid groups (broad SMARTS) is 1. The summed E-state index contributed by atoms with van der Waals surface area (Å²) in [5, 5.41) is 9.78. The molecular formula is C20H22F2N2O2S. The van der Waals surface area contributed by atoms with Gasteiger partial charge in [-0.1, -0.05) is 19.9 Å². The van der Waals surface area contributed by atoms with E-state index in [4.69, 9.17) is 5.11 Å². The van der Waals surface area contributed by atoms with Crippen LogP contribution >= 0.6 is 11.8 Å². The zero-order valence-corrected chi connectivity index (χ0v) is 16.1. The van der Waals surface area contributed by atoms with Crippen molar-refractivity contribution in [2.24, 2.45) is 5.92 Å². The van der Waals surface area contributed by atoms with E-state index in [0.717, 1.165) is 5.03 Å². The van der Waals surface area contributed by atoms with Crippen molar-refractivity contribution in [1.29, 1.82) is 0 Å². The second-order valence-corrected chi connectivity index (χ2v) is 8.58. The topological polar surface area (TPSA) is 53.4 Å². The highest BCUT2D eigenvalue weighted by Gasteiger charge is 2.31. The molecule has 1 aliphatic rings. The molecule has 2 heterocycles. The van der Waals surface area contributed by atoms with E-state index in [9.17, 15) is 13.6 Å². The summed E-state index contributed by atoms with van der Waals surface area (Å²) in [4.78, 5) is 16.6. The quantitative estimate of drug-likeness (QED) is 0.684. The van der Waals surface area contributed by atoms with Crippen molar-refractivity contribution in [2.45, 2.75) is 37.0 Å². The zero-order valence-electron chi connectivity index (χ0n) is 15.3. The molecule has 0 saturated carbocycles. The molecule has 1 saturated heterocycles. The lowest BCUT2D eigenvalue weighted by Crippen LogP contribution is -2.47. The predicted molar refractivity (Wildman–Crippen MR) is 103 cm³/mol. The van der Waals surface area contributed by atoms with Gasteiger partial charge in [0.15, 0.2) is 0 Å².